The van der Waals surface area contributed by atoms with E-state index in [1.54, 1.807) is 18.4 Å². The molecule has 122 valence electrons. The summed E-state index contributed by atoms with van der Waals surface area (Å²) in [5, 5.41) is 8.65. The van der Waals surface area contributed by atoms with Crippen LogP contribution in [-0.4, -0.2) is 18.0 Å². The minimum Gasteiger partial charge on any atom is -0.459 e. The number of nitrogens with zero attached hydrogens (tertiary/aromatic N) is 2. The number of thiazole rings is 1. The number of nitrogens with one attached hydrogen (secondary N) is 2. The molecule has 0 bridgehead atoms. The zero-order valence-corrected chi connectivity index (χ0v) is 16.1. The molecule has 5 nitrogen and oxygen atoms in total. The van der Waals surface area contributed by atoms with Gasteiger partial charge in [-0.05, 0) is 19.1 Å². The molecule has 0 radical (unpaired) electrons. The number of benzene rings is 1. The van der Waals surface area contributed by atoms with Crippen molar-refractivity contribution in [2.75, 3.05) is 7.05 Å². The molecule has 2 heterocycles. The molecule has 0 spiro atoms. The molecule has 23 heavy (non-hydrogen) atoms. The molecule has 3 aromatic rings. The summed E-state index contributed by atoms with van der Waals surface area (Å²) in [4.78, 5) is 9.74. The molecule has 2 N–H and O–H groups in total. The predicted octanol–water partition coefficient (Wildman–Crippen LogP) is 3.68. The first-order valence-corrected chi connectivity index (χ1v) is 7.89. The van der Waals surface area contributed by atoms with Crippen LogP contribution >= 0.6 is 35.3 Å². The lowest BCUT2D eigenvalue weighted by Crippen LogP contribution is -2.36. The monoisotopic (exact) mass is 442 g/mol. The first-order chi connectivity index (χ1) is 10.7. The Labute approximate surface area is 156 Å². The maximum Gasteiger partial charge on any atom is 0.191 e. The van der Waals surface area contributed by atoms with Crippen molar-refractivity contribution in [3.63, 3.8) is 0 Å². The number of fused-ring (bicyclic) bond motifs is 1. The first kappa shape index (κ1) is 17.7. The summed E-state index contributed by atoms with van der Waals surface area (Å²) >= 11 is 1.68. The fourth-order valence-electron chi connectivity index (χ4n) is 2.16. The lowest BCUT2D eigenvalue weighted by atomic mass is 10.2. The summed E-state index contributed by atoms with van der Waals surface area (Å²) < 4.78 is 5.77. The Hall–Kier alpha value is -1.61. The molecule has 0 fully saturated rings. The number of hydrogen-bond acceptors (Lipinski definition) is 4. The zero-order chi connectivity index (χ0) is 15.4. The third-order valence-electron chi connectivity index (χ3n) is 3.21. The summed E-state index contributed by atoms with van der Waals surface area (Å²) in [5.41, 5.74) is 0.903. The highest BCUT2D eigenvalue weighted by atomic mass is 127. The molecule has 1 aromatic carbocycles. The van der Waals surface area contributed by atoms with E-state index in [2.05, 4.69) is 27.5 Å². The van der Waals surface area contributed by atoms with E-state index < -0.39 is 0 Å². The molecule has 7 heteroatoms. The summed E-state index contributed by atoms with van der Waals surface area (Å²) in [6.07, 6.45) is 1.88. The zero-order valence-electron chi connectivity index (χ0n) is 13.0. The SMILES string of the molecule is CN=C(NCc1cc2ccccc2o1)NCc1ncc(C)s1.I. The molecule has 2 aromatic heterocycles. The number of furan rings is 1. The minimum atomic E-state index is 0. The molecule has 3 rings (SSSR count). The van der Waals surface area contributed by atoms with Gasteiger partial charge in [-0.25, -0.2) is 4.98 Å². The van der Waals surface area contributed by atoms with Crippen molar-refractivity contribution in [2.45, 2.75) is 20.0 Å². The van der Waals surface area contributed by atoms with Gasteiger partial charge in [0, 0.05) is 23.5 Å². The van der Waals surface area contributed by atoms with Gasteiger partial charge in [0.15, 0.2) is 5.96 Å². The lowest BCUT2D eigenvalue weighted by molar-refractivity contribution is 0.538. The Morgan fingerprint density at radius 2 is 2.04 bits per heavy atom. The number of para-hydroxylation sites is 1. The smallest absolute Gasteiger partial charge is 0.191 e. The Balaban J connectivity index is 0.00000192. The summed E-state index contributed by atoms with van der Waals surface area (Å²) in [7, 11) is 1.75. The minimum absolute atomic E-state index is 0. The van der Waals surface area contributed by atoms with E-state index in [1.807, 2.05) is 36.5 Å². The van der Waals surface area contributed by atoms with Crippen molar-refractivity contribution in [2.24, 2.45) is 4.99 Å². The van der Waals surface area contributed by atoms with Crippen LogP contribution in [-0.2, 0) is 13.1 Å². The largest absolute Gasteiger partial charge is 0.459 e. The molecule has 0 saturated carbocycles. The average molecular weight is 442 g/mol. The van der Waals surface area contributed by atoms with Crippen LogP contribution in [0.3, 0.4) is 0 Å². The van der Waals surface area contributed by atoms with Crippen molar-refractivity contribution in [3.8, 4) is 0 Å². The number of hydrogen-bond donors (Lipinski definition) is 2. The molecule has 0 aliphatic heterocycles. The highest BCUT2D eigenvalue weighted by Gasteiger charge is 2.05. The summed E-state index contributed by atoms with van der Waals surface area (Å²) in [6, 6.07) is 10.0. The number of halogens is 1. The van der Waals surface area contributed by atoms with Gasteiger partial charge in [0.25, 0.3) is 0 Å². The van der Waals surface area contributed by atoms with Crippen molar-refractivity contribution in [3.05, 3.63) is 52.2 Å². The maximum absolute atomic E-state index is 5.77. The van der Waals surface area contributed by atoms with Crippen molar-refractivity contribution in [1.82, 2.24) is 15.6 Å². The van der Waals surface area contributed by atoms with Crippen LogP contribution in [0, 0.1) is 6.92 Å². The first-order valence-electron chi connectivity index (χ1n) is 7.08. The maximum atomic E-state index is 5.77. The van der Waals surface area contributed by atoms with Crippen LogP contribution in [0.4, 0.5) is 0 Å². The lowest BCUT2D eigenvalue weighted by Gasteiger charge is -2.09. The molecule has 0 atom stereocenters. The van der Waals surface area contributed by atoms with E-state index in [1.165, 1.54) is 4.88 Å². The predicted molar refractivity (Wildman–Crippen MR) is 106 cm³/mol. The van der Waals surface area contributed by atoms with Gasteiger partial charge >= 0.3 is 0 Å². The van der Waals surface area contributed by atoms with Gasteiger partial charge in [-0.1, -0.05) is 18.2 Å². The van der Waals surface area contributed by atoms with Crippen molar-refractivity contribution < 1.29 is 4.42 Å². The number of aryl methyl sites for hydroxylation is 1. The van der Waals surface area contributed by atoms with Gasteiger partial charge in [0.1, 0.15) is 16.4 Å². The van der Waals surface area contributed by atoms with E-state index >= 15 is 0 Å². The highest BCUT2D eigenvalue weighted by Crippen LogP contribution is 2.18. The molecule has 0 unspecified atom stereocenters. The molecular formula is C16H19IN4OS. The van der Waals surface area contributed by atoms with E-state index in [-0.39, 0.29) is 24.0 Å². The molecule has 0 aliphatic carbocycles. The van der Waals surface area contributed by atoms with Crippen LogP contribution in [0.5, 0.6) is 0 Å². The van der Waals surface area contributed by atoms with Crippen LogP contribution < -0.4 is 10.6 Å². The topological polar surface area (TPSA) is 62.5 Å². The van der Waals surface area contributed by atoms with Crippen LogP contribution in [0.15, 0.2) is 45.9 Å². The Bertz CT molecular complexity index is 763. The summed E-state index contributed by atoms with van der Waals surface area (Å²) in [5.74, 6) is 1.61. The third-order valence-corrected chi connectivity index (χ3v) is 4.12. The van der Waals surface area contributed by atoms with Crippen LogP contribution in [0.25, 0.3) is 11.0 Å². The van der Waals surface area contributed by atoms with Crippen LogP contribution in [0.1, 0.15) is 15.6 Å². The number of aromatic nitrogens is 1. The normalized spacial score (nSPS) is 11.3. The Morgan fingerprint density at radius 3 is 2.74 bits per heavy atom. The highest BCUT2D eigenvalue weighted by molar-refractivity contribution is 14.0. The second-order valence-electron chi connectivity index (χ2n) is 4.89. The van der Waals surface area contributed by atoms with E-state index in [0.29, 0.717) is 13.1 Å². The fourth-order valence-corrected chi connectivity index (χ4v) is 2.88. The average Bonchev–Trinajstić information content (AvgIpc) is 3.13. The molecular weight excluding hydrogens is 423 g/mol. The number of rotatable bonds is 4. The van der Waals surface area contributed by atoms with E-state index in [4.69, 9.17) is 4.42 Å². The van der Waals surface area contributed by atoms with Crippen molar-refractivity contribution >= 4 is 52.2 Å². The van der Waals surface area contributed by atoms with Gasteiger partial charge in [-0.15, -0.1) is 35.3 Å². The quantitative estimate of drug-likeness (QED) is 0.368. The van der Waals surface area contributed by atoms with Crippen LogP contribution in [0.2, 0.25) is 0 Å². The van der Waals surface area contributed by atoms with Crippen molar-refractivity contribution in [1.29, 1.82) is 0 Å². The van der Waals surface area contributed by atoms with Gasteiger partial charge < -0.3 is 15.1 Å². The van der Waals surface area contributed by atoms with E-state index in [0.717, 1.165) is 27.7 Å². The second kappa shape index (κ2) is 8.30. The Morgan fingerprint density at radius 1 is 1.26 bits per heavy atom. The summed E-state index contributed by atoms with van der Waals surface area (Å²) in [6.45, 7) is 3.30. The third kappa shape index (κ3) is 4.68. The molecule has 0 saturated heterocycles. The van der Waals surface area contributed by atoms with Gasteiger partial charge in [-0.3, -0.25) is 4.99 Å². The number of guanidine groups is 1. The second-order valence-corrected chi connectivity index (χ2v) is 6.21. The number of aliphatic imine (C=N–C) groups is 1. The van der Waals surface area contributed by atoms with Gasteiger partial charge in [-0.2, -0.15) is 0 Å². The molecule has 0 aliphatic rings. The Kier molecular flexibility index (Phi) is 6.40. The van der Waals surface area contributed by atoms with E-state index in [9.17, 15) is 0 Å². The standard InChI is InChI=1S/C16H18N4OS.HI/c1-11-8-18-15(22-11)10-20-16(17-2)19-9-13-7-12-5-3-4-6-14(12)21-13;/h3-8H,9-10H2,1-2H3,(H2,17,19,20);1H. The fraction of sp³-hybridized carbons (Fsp3) is 0.250. The molecule has 0 amide bonds. The van der Waals surface area contributed by atoms with Gasteiger partial charge in [0.05, 0.1) is 13.1 Å². The van der Waals surface area contributed by atoms with Gasteiger partial charge in [0.2, 0.25) is 0 Å².